The van der Waals surface area contributed by atoms with Gasteiger partial charge in [-0.1, -0.05) is 46.0 Å². The van der Waals surface area contributed by atoms with Crippen LogP contribution in [0.15, 0.2) is 0 Å². The molecule has 1 nitrogen and oxygen atoms in total. The predicted molar refractivity (Wildman–Crippen MR) is 67.2 cm³/mol. The summed E-state index contributed by atoms with van der Waals surface area (Å²) in [6.45, 7) is 6.28. The number of unbranched alkanes of at least 4 members (excludes halogenated alkanes) is 4. The Morgan fingerprint density at radius 2 is 1.79 bits per heavy atom. The summed E-state index contributed by atoms with van der Waals surface area (Å²) in [4.78, 5) is 0. The van der Waals surface area contributed by atoms with Gasteiger partial charge in [-0.25, -0.2) is 0 Å². The SMILES string of the molecule is CCCCCCCOCC(CC)CS. The lowest BCUT2D eigenvalue weighted by molar-refractivity contribution is 0.101. The lowest BCUT2D eigenvalue weighted by Crippen LogP contribution is -2.10. The lowest BCUT2D eigenvalue weighted by Gasteiger charge is -2.11. The van der Waals surface area contributed by atoms with Gasteiger partial charge < -0.3 is 4.74 Å². The number of hydrogen-bond donors (Lipinski definition) is 1. The quantitative estimate of drug-likeness (QED) is 0.432. The van der Waals surface area contributed by atoms with E-state index in [-0.39, 0.29) is 0 Å². The van der Waals surface area contributed by atoms with E-state index in [0.29, 0.717) is 5.92 Å². The molecule has 0 saturated carbocycles. The van der Waals surface area contributed by atoms with Crippen molar-refractivity contribution in [2.75, 3.05) is 19.0 Å². The van der Waals surface area contributed by atoms with E-state index in [4.69, 9.17) is 4.74 Å². The van der Waals surface area contributed by atoms with E-state index >= 15 is 0 Å². The summed E-state index contributed by atoms with van der Waals surface area (Å²) >= 11 is 4.29. The Morgan fingerprint density at radius 1 is 1.07 bits per heavy atom. The van der Waals surface area contributed by atoms with Crippen LogP contribution in [0.3, 0.4) is 0 Å². The van der Waals surface area contributed by atoms with Gasteiger partial charge in [0.2, 0.25) is 0 Å². The van der Waals surface area contributed by atoms with E-state index in [9.17, 15) is 0 Å². The van der Waals surface area contributed by atoms with Crippen LogP contribution in [0.1, 0.15) is 52.4 Å². The van der Waals surface area contributed by atoms with Crippen molar-refractivity contribution < 1.29 is 4.74 Å². The van der Waals surface area contributed by atoms with Crippen LogP contribution in [0.5, 0.6) is 0 Å². The molecule has 14 heavy (non-hydrogen) atoms. The van der Waals surface area contributed by atoms with Gasteiger partial charge in [-0.3, -0.25) is 0 Å². The zero-order valence-electron chi connectivity index (χ0n) is 9.80. The molecule has 1 atom stereocenters. The molecule has 0 spiro atoms. The molecule has 0 radical (unpaired) electrons. The molecule has 0 saturated heterocycles. The first kappa shape index (κ1) is 14.3. The molecule has 0 N–H and O–H groups in total. The van der Waals surface area contributed by atoms with Crippen molar-refractivity contribution >= 4 is 12.6 Å². The van der Waals surface area contributed by atoms with Crippen LogP contribution in [-0.2, 0) is 4.74 Å². The molecule has 0 aromatic carbocycles. The van der Waals surface area contributed by atoms with E-state index in [1.807, 2.05) is 0 Å². The van der Waals surface area contributed by atoms with Gasteiger partial charge >= 0.3 is 0 Å². The van der Waals surface area contributed by atoms with Gasteiger partial charge in [0.1, 0.15) is 0 Å². The number of rotatable bonds is 10. The number of thiol groups is 1. The molecule has 2 heteroatoms. The molecule has 0 amide bonds. The average molecular weight is 218 g/mol. The Hall–Kier alpha value is 0.310. The molecule has 0 rings (SSSR count). The largest absolute Gasteiger partial charge is 0.381 e. The van der Waals surface area contributed by atoms with E-state index in [1.165, 1.54) is 38.5 Å². The first-order chi connectivity index (χ1) is 6.85. The maximum absolute atomic E-state index is 5.61. The van der Waals surface area contributed by atoms with Gasteiger partial charge in [-0.15, -0.1) is 0 Å². The molecule has 0 aliphatic carbocycles. The zero-order chi connectivity index (χ0) is 10.6. The van der Waals surface area contributed by atoms with Crippen LogP contribution in [0.4, 0.5) is 0 Å². The van der Waals surface area contributed by atoms with Crippen LogP contribution in [-0.4, -0.2) is 19.0 Å². The zero-order valence-corrected chi connectivity index (χ0v) is 10.7. The average Bonchev–Trinajstić information content (AvgIpc) is 2.22. The van der Waals surface area contributed by atoms with E-state index < -0.39 is 0 Å². The second kappa shape index (κ2) is 11.4. The molecule has 0 aliphatic heterocycles. The Morgan fingerprint density at radius 3 is 2.36 bits per heavy atom. The predicted octanol–water partition coefficient (Wildman–Crippen LogP) is 3.93. The van der Waals surface area contributed by atoms with Gasteiger partial charge in [0.15, 0.2) is 0 Å². The first-order valence-electron chi connectivity index (χ1n) is 6.03. The number of hydrogen-bond acceptors (Lipinski definition) is 2. The third kappa shape index (κ3) is 8.89. The number of ether oxygens (including phenoxy) is 1. The van der Waals surface area contributed by atoms with Crippen LogP contribution in [0, 0.1) is 5.92 Å². The fourth-order valence-corrected chi connectivity index (χ4v) is 1.72. The molecule has 0 bridgehead atoms. The summed E-state index contributed by atoms with van der Waals surface area (Å²) in [5.74, 6) is 1.60. The van der Waals surface area contributed by atoms with Crippen molar-refractivity contribution in [3.8, 4) is 0 Å². The third-order valence-electron chi connectivity index (χ3n) is 2.58. The highest BCUT2D eigenvalue weighted by atomic mass is 32.1. The van der Waals surface area contributed by atoms with E-state index in [2.05, 4.69) is 26.5 Å². The van der Waals surface area contributed by atoms with Crippen molar-refractivity contribution in [1.29, 1.82) is 0 Å². The fraction of sp³-hybridized carbons (Fsp3) is 1.00. The van der Waals surface area contributed by atoms with E-state index in [1.54, 1.807) is 0 Å². The van der Waals surface area contributed by atoms with Crippen molar-refractivity contribution in [3.63, 3.8) is 0 Å². The van der Waals surface area contributed by atoms with Gasteiger partial charge in [-0.05, 0) is 18.1 Å². The molecule has 0 heterocycles. The molecular formula is C12H26OS. The van der Waals surface area contributed by atoms with E-state index in [0.717, 1.165) is 19.0 Å². The monoisotopic (exact) mass is 218 g/mol. The fourth-order valence-electron chi connectivity index (χ4n) is 1.36. The summed E-state index contributed by atoms with van der Waals surface area (Å²) < 4.78 is 5.61. The van der Waals surface area contributed by atoms with Crippen LogP contribution < -0.4 is 0 Å². The molecule has 86 valence electrons. The van der Waals surface area contributed by atoms with Gasteiger partial charge in [0.25, 0.3) is 0 Å². The van der Waals surface area contributed by atoms with Gasteiger partial charge in [0.05, 0.1) is 6.61 Å². The van der Waals surface area contributed by atoms with Crippen LogP contribution in [0.25, 0.3) is 0 Å². The summed E-state index contributed by atoms with van der Waals surface area (Å²) in [6.07, 6.45) is 7.78. The summed E-state index contributed by atoms with van der Waals surface area (Å²) in [5.41, 5.74) is 0. The summed E-state index contributed by atoms with van der Waals surface area (Å²) in [5, 5.41) is 0. The Bertz CT molecular complexity index is 102. The maximum atomic E-state index is 5.61. The van der Waals surface area contributed by atoms with Gasteiger partial charge in [-0.2, -0.15) is 12.6 Å². The summed E-state index contributed by atoms with van der Waals surface area (Å²) in [6, 6.07) is 0. The minimum Gasteiger partial charge on any atom is -0.381 e. The lowest BCUT2D eigenvalue weighted by atomic mass is 10.1. The third-order valence-corrected chi connectivity index (χ3v) is 3.10. The topological polar surface area (TPSA) is 9.23 Å². The second-order valence-corrected chi connectivity index (χ2v) is 4.31. The minimum atomic E-state index is 0.647. The highest BCUT2D eigenvalue weighted by Gasteiger charge is 2.02. The minimum absolute atomic E-state index is 0.647. The second-order valence-electron chi connectivity index (χ2n) is 3.95. The standard InChI is InChI=1S/C12H26OS/c1-3-5-6-7-8-9-13-10-12(4-2)11-14/h12,14H,3-11H2,1-2H3. The molecule has 0 aromatic rings. The first-order valence-corrected chi connectivity index (χ1v) is 6.66. The molecular weight excluding hydrogens is 192 g/mol. The Labute approximate surface area is 95.0 Å². The molecule has 0 aliphatic rings. The van der Waals surface area contributed by atoms with Gasteiger partial charge in [0, 0.05) is 6.61 Å². The van der Waals surface area contributed by atoms with Crippen molar-refractivity contribution in [2.45, 2.75) is 52.4 Å². The highest BCUT2D eigenvalue weighted by molar-refractivity contribution is 7.80. The van der Waals surface area contributed by atoms with Crippen molar-refractivity contribution in [1.82, 2.24) is 0 Å². The maximum Gasteiger partial charge on any atom is 0.0501 e. The normalized spacial score (nSPS) is 13.1. The molecule has 1 unspecified atom stereocenters. The smallest absolute Gasteiger partial charge is 0.0501 e. The van der Waals surface area contributed by atoms with Crippen LogP contribution >= 0.6 is 12.6 Å². The highest BCUT2D eigenvalue weighted by Crippen LogP contribution is 2.06. The summed E-state index contributed by atoms with van der Waals surface area (Å²) in [7, 11) is 0. The Balaban J connectivity index is 3.04. The molecule has 0 fully saturated rings. The van der Waals surface area contributed by atoms with Crippen LogP contribution in [0.2, 0.25) is 0 Å². The Kier molecular flexibility index (Phi) is 11.6. The van der Waals surface area contributed by atoms with Crippen molar-refractivity contribution in [2.24, 2.45) is 5.92 Å². The molecule has 0 aromatic heterocycles. The van der Waals surface area contributed by atoms with Crippen molar-refractivity contribution in [3.05, 3.63) is 0 Å².